The summed E-state index contributed by atoms with van der Waals surface area (Å²) in [6.07, 6.45) is 1.90. The van der Waals surface area contributed by atoms with Crippen LogP contribution in [0.3, 0.4) is 0 Å². The number of amides is 1. The van der Waals surface area contributed by atoms with Crippen molar-refractivity contribution >= 4 is 11.7 Å². The minimum absolute atomic E-state index is 0.0423. The molecule has 0 aliphatic carbocycles. The lowest BCUT2D eigenvalue weighted by Gasteiger charge is -2.33. The molecule has 0 aromatic carbocycles. The Balaban J connectivity index is 2.56. The fourth-order valence-electron chi connectivity index (χ4n) is 1.80. The number of carbonyl (C=O) groups excluding carboxylic acids is 1. The van der Waals surface area contributed by atoms with Crippen molar-refractivity contribution in [2.75, 3.05) is 13.1 Å². The number of hydrogen-bond acceptors (Lipinski definition) is 2. The van der Waals surface area contributed by atoms with Gasteiger partial charge in [0.05, 0.1) is 5.84 Å². The Morgan fingerprint density at radius 2 is 2.21 bits per heavy atom. The Labute approximate surface area is 85.0 Å². The van der Waals surface area contributed by atoms with E-state index in [0.717, 1.165) is 19.4 Å². The standard InChI is InChI=1S/C10H19N3O/c1-7(2)10(14)13-5-3-4-8(6-13)9(11)12/h7-8H,3-6H2,1-2H3,(H3,11,12)/t8-/m0/s1. The molecule has 3 N–H and O–H groups in total. The highest BCUT2D eigenvalue weighted by atomic mass is 16.2. The molecular weight excluding hydrogens is 178 g/mol. The van der Waals surface area contributed by atoms with Gasteiger partial charge in [0.15, 0.2) is 0 Å². The minimum Gasteiger partial charge on any atom is -0.387 e. The van der Waals surface area contributed by atoms with Gasteiger partial charge in [-0.2, -0.15) is 0 Å². The molecular formula is C10H19N3O. The SMILES string of the molecule is CC(C)C(=O)N1CCC[C@H](C(=N)N)C1. The first-order valence-corrected chi connectivity index (χ1v) is 5.15. The molecule has 1 atom stereocenters. The molecule has 0 aromatic rings. The third kappa shape index (κ3) is 2.47. The van der Waals surface area contributed by atoms with Gasteiger partial charge in [0.2, 0.25) is 5.91 Å². The largest absolute Gasteiger partial charge is 0.387 e. The molecule has 0 radical (unpaired) electrons. The lowest BCUT2D eigenvalue weighted by molar-refractivity contribution is -0.135. The van der Waals surface area contributed by atoms with Gasteiger partial charge in [-0.05, 0) is 12.8 Å². The summed E-state index contributed by atoms with van der Waals surface area (Å²) >= 11 is 0. The normalized spacial score (nSPS) is 22.5. The Kier molecular flexibility index (Phi) is 3.49. The molecule has 4 nitrogen and oxygen atoms in total. The molecule has 1 aliphatic rings. The van der Waals surface area contributed by atoms with Crippen molar-refractivity contribution in [3.05, 3.63) is 0 Å². The van der Waals surface area contributed by atoms with Crippen LogP contribution in [0.4, 0.5) is 0 Å². The molecule has 0 unspecified atom stereocenters. The number of amidine groups is 1. The average Bonchev–Trinajstić information content (AvgIpc) is 2.16. The fourth-order valence-corrected chi connectivity index (χ4v) is 1.80. The molecule has 1 heterocycles. The molecule has 0 bridgehead atoms. The number of nitrogens with two attached hydrogens (primary N) is 1. The lowest BCUT2D eigenvalue weighted by atomic mass is 9.96. The molecule has 1 rings (SSSR count). The van der Waals surface area contributed by atoms with E-state index >= 15 is 0 Å². The predicted molar refractivity (Wildman–Crippen MR) is 56.1 cm³/mol. The molecule has 80 valence electrons. The van der Waals surface area contributed by atoms with Crippen molar-refractivity contribution < 1.29 is 4.79 Å². The molecule has 4 heteroatoms. The highest BCUT2D eigenvalue weighted by molar-refractivity contribution is 5.82. The molecule has 0 aromatic heterocycles. The molecule has 1 aliphatic heterocycles. The zero-order valence-corrected chi connectivity index (χ0v) is 8.92. The van der Waals surface area contributed by atoms with E-state index in [1.807, 2.05) is 18.7 Å². The number of rotatable bonds is 2. The number of hydrogen-bond donors (Lipinski definition) is 2. The Morgan fingerprint density at radius 3 is 2.71 bits per heavy atom. The highest BCUT2D eigenvalue weighted by Gasteiger charge is 2.26. The maximum Gasteiger partial charge on any atom is 0.225 e. The number of piperidine rings is 1. The van der Waals surface area contributed by atoms with Crippen LogP contribution in [-0.4, -0.2) is 29.7 Å². The fraction of sp³-hybridized carbons (Fsp3) is 0.800. The van der Waals surface area contributed by atoms with Crippen LogP contribution in [-0.2, 0) is 4.79 Å². The van der Waals surface area contributed by atoms with Crippen LogP contribution in [0.1, 0.15) is 26.7 Å². The third-order valence-corrected chi connectivity index (χ3v) is 2.67. The van der Waals surface area contributed by atoms with Crippen LogP contribution in [0, 0.1) is 17.2 Å². The Bertz CT molecular complexity index is 238. The monoisotopic (exact) mass is 197 g/mol. The van der Waals surface area contributed by atoms with Gasteiger partial charge < -0.3 is 10.6 Å². The first-order valence-electron chi connectivity index (χ1n) is 5.15. The second-order valence-corrected chi connectivity index (χ2v) is 4.23. The lowest BCUT2D eigenvalue weighted by Crippen LogP contribution is -2.45. The van der Waals surface area contributed by atoms with Gasteiger partial charge in [-0.25, -0.2) is 0 Å². The number of nitrogens with zero attached hydrogens (tertiary/aromatic N) is 1. The summed E-state index contributed by atoms with van der Waals surface area (Å²) in [6.45, 7) is 5.26. The van der Waals surface area contributed by atoms with Gasteiger partial charge in [0.1, 0.15) is 0 Å². The minimum atomic E-state index is 0.0423. The number of likely N-dealkylation sites (tertiary alicyclic amines) is 1. The Morgan fingerprint density at radius 1 is 1.57 bits per heavy atom. The van der Waals surface area contributed by atoms with Crippen molar-refractivity contribution in [3.63, 3.8) is 0 Å². The molecule has 1 saturated heterocycles. The Hall–Kier alpha value is -1.06. The van der Waals surface area contributed by atoms with E-state index in [1.54, 1.807) is 0 Å². The summed E-state index contributed by atoms with van der Waals surface area (Å²) in [7, 11) is 0. The van der Waals surface area contributed by atoms with E-state index in [1.165, 1.54) is 0 Å². The van der Waals surface area contributed by atoms with E-state index in [0.29, 0.717) is 6.54 Å². The van der Waals surface area contributed by atoms with Crippen LogP contribution < -0.4 is 5.73 Å². The molecule has 0 spiro atoms. The van der Waals surface area contributed by atoms with Gasteiger partial charge in [0.25, 0.3) is 0 Å². The average molecular weight is 197 g/mol. The van der Waals surface area contributed by atoms with Crippen LogP contribution >= 0.6 is 0 Å². The van der Waals surface area contributed by atoms with Gasteiger partial charge in [0, 0.05) is 24.9 Å². The molecule has 0 saturated carbocycles. The van der Waals surface area contributed by atoms with E-state index in [9.17, 15) is 4.79 Å². The van der Waals surface area contributed by atoms with Gasteiger partial charge >= 0.3 is 0 Å². The summed E-state index contributed by atoms with van der Waals surface area (Å²) in [5.74, 6) is 0.509. The van der Waals surface area contributed by atoms with E-state index < -0.39 is 0 Å². The smallest absolute Gasteiger partial charge is 0.225 e. The third-order valence-electron chi connectivity index (χ3n) is 2.67. The molecule has 1 amide bonds. The van der Waals surface area contributed by atoms with Crippen LogP contribution in [0.2, 0.25) is 0 Å². The van der Waals surface area contributed by atoms with Gasteiger partial charge in [-0.1, -0.05) is 13.8 Å². The quantitative estimate of drug-likeness (QED) is 0.508. The second-order valence-electron chi connectivity index (χ2n) is 4.23. The van der Waals surface area contributed by atoms with Crippen molar-refractivity contribution in [1.29, 1.82) is 5.41 Å². The summed E-state index contributed by atoms with van der Waals surface area (Å²) < 4.78 is 0. The summed E-state index contributed by atoms with van der Waals surface area (Å²) in [4.78, 5) is 13.5. The van der Waals surface area contributed by atoms with Crippen LogP contribution in [0.25, 0.3) is 0 Å². The summed E-state index contributed by atoms with van der Waals surface area (Å²) in [5, 5.41) is 7.37. The highest BCUT2D eigenvalue weighted by Crippen LogP contribution is 2.17. The maximum atomic E-state index is 11.7. The van der Waals surface area contributed by atoms with Crippen molar-refractivity contribution in [3.8, 4) is 0 Å². The van der Waals surface area contributed by atoms with Crippen molar-refractivity contribution in [2.45, 2.75) is 26.7 Å². The predicted octanol–water partition coefficient (Wildman–Crippen LogP) is 0.817. The van der Waals surface area contributed by atoms with E-state index in [4.69, 9.17) is 11.1 Å². The number of nitrogens with one attached hydrogen (secondary N) is 1. The summed E-state index contributed by atoms with van der Waals surface area (Å²) in [6, 6.07) is 0. The summed E-state index contributed by atoms with van der Waals surface area (Å²) in [5.41, 5.74) is 5.45. The zero-order valence-electron chi connectivity index (χ0n) is 8.92. The first-order chi connectivity index (χ1) is 6.52. The number of carbonyl (C=O) groups is 1. The molecule has 14 heavy (non-hydrogen) atoms. The van der Waals surface area contributed by atoms with Gasteiger partial charge in [-0.15, -0.1) is 0 Å². The van der Waals surface area contributed by atoms with Crippen molar-refractivity contribution in [1.82, 2.24) is 4.90 Å². The van der Waals surface area contributed by atoms with Crippen LogP contribution in [0.5, 0.6) is 0 Å². The van der Waals surface area contributed by atoms with Crippen molar-refractivity contribution in [2.24, 2.45) is 17.6 Å². The topological polar surface area (TPSA) is 70.2 Å². The first kappa shape index (κ1) is 11.0. The van der Waals surface area contributed by atoms with Gasteiger partial charge in [-0.3, -0.25) is 10.2 Å². The zero-order chi connectivity index (χ0) is 10.7. The maximum absolute atomic E-state index is 11.7. The second kappa shape index (κ2) is 4.44. The van der Waals surface area contributed by atoms with E-state index in [-0.39, 0.29) is 23.6 Å². The van der Waals surface area contributed by atoms with E-state index in [2.05, 4.69) is 0 Å². The van der Waals surface area contributed by atoms with Crippen LogP contribution in [0.15, 0.2) is 0 Å². The molecule has 1 fully saturated rings.